The molecule has 3 heterocycles. The monoisotopic (exact) mass is 305 g/mol. The van der Waals surface area contributed by atoms with Crippen LogP contribution in [0.25, 0.3) is 10.2 Å². The van der Waals surface area contributed by atoms with Crippen molar-refractivity contribution in [1.82, 2.24) is 14.9 Å². The largest absolute Gasteiger partial charge is 0.309 e. The number of hydrogen-bond donors (Lipinski definition) is 1. The highest BCUT2D eigenvalue weighted by molar-refractivity contribution is 7.18. The normalized spacial score (nSPS) is 20.0. The van der Waals surface area contributed by atoms with Crippen molar-refractivity contribution >= 4 is 27.8 Å². The van der Waals surface area contributed by atoms with Gasteiger partial charge in [0.2, 0.25) is 0 Å². The van der Waals surface area contributed by atoms with Gasteiger partial charge in [0.15, 0.2) is 0 Å². The minimum absolute atomic E-state index is 0.0548. The van der Waals surface area contributed by atoms with Gasteiger partial charge in [-0.05, 0) is 38.8 Å². The van der Waals surface area contributed by atoms with Gasteiger partial charge in [0.1, 0.15) is 16.9 Å². The van der Waals surface area contributed by atoms with E-state index in [1.165, 1.54) is 0 Å². The maximum Gasteiger partial charge on any atom is 0.259 e. The van der Waals surface area contributed by atoms with Gasteiger partial charge < -0.3 is 9.78 Å². The minimum Gasteiger partial charge on any atom is -0.309 e. The third-order valence-electron chi connectivity index (χ3n) is 4.20. The maximum absolute atomic E-state index is 12.2. The van der Waals surface area contributed by atoms with Gasteiger partial charge in [0.25, 0.3) is 5.56 Å². The molecule has 2 aromatic heterocycles. The molecule has 1 fully saturated rings. The first-order valence-electron chi connectivity index (χ1n) is 7.25. The predicted octanol–water partition coefficient (Wildman–Crippen LogP) is 2.01. The molecule has 0 radical (unpaired) electrons. The van der Waals surface area contributed by atoms with Crippen LogP contribution in [0.5, 0.6) is 0 Å². The number of aldehydes is 1. The van der Waals surface area contributed by atoms with Crippen LogP contribution in [0, 0.1) is 19.8 Å². The van der Waals surface area contributed by atoms with E-state index in [0.29, 0.717) is 17.8 Å². The Kier molecular flexibility index (Phi) is 3.91. The Morgan fingerprint density at radius 2 is 2.29 bits per heavy atom. The predicted molar refractivity (Wildman–Crippen MR) is 83.8 cm³/mol. The van der Waals surface area contributed by atoms with Gasteiger partial charge in [-0.2, -0.15) is 0 Å². The molecule has 112 valence electrons. The molecule has 6 heteroatoms. The van der Waals surface area contributed by atoms with E-state index in [1.807, 2.05) is 13.8 Å². The van der Waals surface area contributed by atoms with Crippen LogP contribution in [0.4, 0.5) is 0 Å². The fourth-order valence-corrected chi connectivity index (χ4v) is 3.98. The lowest BCUT2D eigenvalue weighted by atomic mass is 10.00. The quantitative estimate of drug-likeness (QED) is 0.881. The molecule has 0 spiro atoms. The minimum atomic E-state index is -0.0548. The zero-order chi connectivity index (χ0) is 15.0. The van der Waals surface area contributed by atoms with E-state index in [9.17, 15) is 9.59 Å². The number of aromatic nitrogens is 2. The molecule has 5 nitrogen and oxygen atoms in total. The van der Waals surface area contributed by atoms with Crippen LogP contribution < -0.4 is 5.56 Å². The summed E-state index contributed by atoms with van der Waals surface area (Å²) in [5.41, 5.74) is 0.968. The maximum atomic E-state index is 12.2. The Labute approximate surface area is 127 Å². The Morgan fingerprint density at radius 1 is 1.48 bits per heavy atom. The number of nitrogens with one attached hydrogen (secondary N) is 1. The van der Waals surface area contributed by atoms with E-state index in [4.69, 9.17) is 0 Å². The fraction of sp³-hybridized carbons (Fsp3) is 0.533. The van der Waals surface area contributed by atoms with Crippen molar-refractivity contribution in [2.75, 3.05) is 13.1 Å². The van der Waals surface area contributed by atoms with Crippen molar-refractivity contribution in [2.24, 2.45) is 5.92 Å². The summed E-state index contributed by atoms with van der Waals surface area (Å²) in [6, 6.07) is 0. The van der Waals surface area contributed by atoms with E-state index in [0.717, 1.165) is 47.5 Å². The van der Waals surface area contributed by atoms with E-state index in [-0.39, 0.29) is 11.5 Å². The third-order valence-corrected chi connectivity index (χ3v) is 5.30. The van der Waals surface area contributed by atoms with E-state index >= 15 is 0 Å². The van der Waals surface area contributed by atoms with Crippen LogP contribution in [0.2, 0.25) is 0 Å². The molecule has 0 amide bonds. The first kappa shape index (κ1) is 14.4. The Bertz CT molecular complexity index is 734. The highest BCUT2D eigenvalue weighted by atomic mass is 32.1. The second-order valence-electron chi connectivity index (χ2n) is 5.75. The van der Waals surface area contributed by atoms with Gasteiger partial charge in [-0.1, -0.05) is 0 Å². The van der Waals surface area contributed by atoms with Crippen LogP contribution in [-0.2, 0) is 11.3 Å². The molecule has 21 heavy (non-hydrogen) atoms. The third kappa shape index (κ3) is 2.78. The second-order valence-corrected chi connectivity index (χ2v) is 6.95. The number of carbonyl (C=O) groups excluding carboxylic acids is 1. The summed E-state index contributed by atoms with van der Waals surface area (Å²) < 4.78 is 0. The Hall–Kier alpha value is -1.53. The summed E-state index contributed by atoms with van der Waals surface area (Å²) in [6.45, 7) is 6.29. The van der Waals surface area contributed by atoms with Gasteiger partial charge in [0, 0.05) is 17.3 Å². The summed E-state index contributed by atoms with van der Waals surface area (Å²) >= 11 is 1.57. The number of piperidine rings is 1. The highest BCUT2D eigenvalue weighted by Gasteiger charge is 2.20. The first-order chi connectivity index (χ1) is 10.1. The number of aryl methyl sites for hydroxylation is 2. The Morgan fingerprint density at radius 3 is 3.05 bits per heavy atom. The number of fused-ring (bicyclic) bond motifs is 1. The van der Waals surface area contributed by atoms with Gasteiger partial charge in [-0.15, -0.1) is 11.3 Å². The number of thiophene rings is 1. The molecule has 1 aliphatic rings. The molecule has 1 aliphatic heterocycles. The topological polar surface area (TPSA) is 66.1 Å². The molecule has 1 unspecified atom stereocenters. The summed E-state index contributed by atoms with van der Waals surface area (Å²) in [6.07, 6.45) is 3.02. The second kappa shape index (κ2) is 5.69. The summed E-state index contributed by atoms with van der Waals surface area (Å²) in [5, 5.41) is 0.714. The first-order valence-corrected chi connectivity index (χ1v) is 8.06. The molecule has 3 rings (SSSR count). The number of aromatic amines is 1. The molecule has 0 aliphatic carbocycles. The molecule has 1 N–H and O–H groups in total. The van der Waals surface area contributed by atoms with E-state index in [2.05, 4.69) is 14.9 Å². The molecule has 1 atom stereocenters. The molecule has 1 saturated heterocycles. The standard InChI is InChI=1S/C15H19N3O2S/c1-9-10(2)21-15-13(9)14(20)16-12(17-15)7-18-5-3-4-11(6-18)8-19/h8,11H,3-7H2,1-2H3,(H,16,17,20). The van der Waals surface area contributed by atoms with Crippen molar-refractivity contribution in [2.45, 2.75) is 33.2 Å². The van der Waals surface area contributed by atoms with Gasteiger partial charge in [-0.3, -0.25) is 9.69 Å². The van der Waals surface area contributed by atoms with Crippen LogP contribution in [0.3, 0.4) is 0 Å². The molecular formula is C15H19N3O2S. The lowest BCUT2D eigenvalue weighted by molar-refractivity contribution is -0.112. The lowest BCUT2D eigenvalue weighted by Crippen LogP contribution is -2.36. The number of H-pyrrole nitrogens is 1. The van der Waals surface area contributed by atoms with Crippen molar-refractivity contribution < 1.29 is 4.79 Å². The number of likely N-dealkylation sites (tertiary alicyclic amines) is 1. The summed E-state index contributed by atoms with van der Waals surface area (Å²) in [5.74, 6) is 0.806. The molecular weight excluding hydrogens is 286 g/mol. The number of rotatable bonds is 3. The average molecular weight is 305 g/mol. The van der Waals surface area contributed by atoms with Gasteiger partial charge in [-0.25, -0.2) is 4.98 Å². The number of carbonyl (C=O) groups is 1. The van der Waals surface area contributed by atoms with E-state index in [1.54, 1.807) is 11.3 Å². The van der Waals surface area contributed by atoms with Crippen molar-refractivity contribution in [3.8, 4) is 0 Å². The lowest BCUT2D eigenvalue weighted by Gasteiger charge is -2.29. The van der Waals surface area contributed by atoms with Crippen molar-refractivity contribution in [3.63, 3.8) is 0 Å². The number of nitrogens with zero attached hydrogens (tertiary/aromatic N) is 2. The highest BCUT2D eigenvalue weighted by Crippen LogP contribution is 2.26. The van der Waals surface area contributed by atoms with Crippen LogP contribution >= 0.6 is 11.3 Å². The summed E-state index contributed by atoms with van der Waals surface area (Å²) in [4.78, 5) is 34.8. The smallest absolute Gasteiger partial charge is 0.259 e. The zero-order valence-corrected chi connectivity index (χ0v) is 13.1. The van der Waals surface area contributed by atoms with Crippen molar-refractivity contribution in [3.05, 3.63) is 26.6 Å². The van der Waals surface area contributed by atoms with Crippen LogP contribution in [0.1, 0.15) is 29.1 Å². The van der Waals surface area contributed by atoms with Crippen LogP contribution in [0.15, 0.2) is 4.79 Å². The fourth-order valence-electron chi connectivity index (χ4n) is 2.93. The summed E-state index contributed by atoms with van der Waals surface area (Å²) in [7, 11) is 0. The Balaban J connectivity index is 1.88. The molecule has 0 saturated carbocycles. The van der Waals surface area contributed by atoms with Crippen LogP contribution in [-0.4, -0.2) is 34.2 Å². The van der Waals surface area contributed by atoms with E-state index < -0.39 is 0 Å². The molecule has 0 bridgehead atoms. The van der Waals surface area contributed by atoms with Gasteiger partial charge >= 0.3 is 0 Å². The zero-order valence-electron chi connectivity index (χ0n) is 12.3. The molecule has 0 aromatic carbocycles. The average Bonchev–Trinajstić information content (AvgIpc) is 2.74. The molecule has 2 aromatic rings. The number of hydrogen-bond acceptors (Lipinski definition) is 5. The van der Waals surface area contributed by atoms with Crippen molar-refractivity contribution in [1.29, 1.82) is 0 Å². The SMILES string of the molecule is Cc1sc2nc(CN3CCCC(C=O)C3)[nH]c(=O)c2c1C. The van der Waals surface area contributed by atoms with Gasteiger partial charge in [0.05, 0.1) is 11.9 Å².